The van der Waals surface area contributed by atoms with Gasteiger partial charge in [0.25, 0.3) is 0 Å². The largest absolute Gasteiger partial charge is 0.463 e. The molecule has 5 heteroatoms. The molecule has 5 nitrogen and oxygen atoms in total. The molecule has 0 aromatic carbocycles. The van der Waals surface area contributed by atoms with Gasteiger partial charge in [-0.3, -0.25) is 4.79 Å². The van der Waals surface area contributed by atoms with E-state index in [0.29, 0.717) is 0 Å². The molecule has 2 atom stereocenters. The van der Waals surface area contributed by atoms with E-state index >= 15 is 0 Å². The Balaban J connectivity index is 0. The molecule has 0 heterocycles. The summed E-state index contributed by atoms with van der Waals surface area (Å²) >= 11 is 0. The summed E-state index contributed by atoms with van der Waals surface area (Å²) in [6.45, 7) is 8.37. The van der Waals surface area contributed by atoms with Crippen LogP contribution in [0.4, 0.5) is 0 Å². The lowest BCUT2D eigenvalue weighted by atomic mass is 9.94. The Morgan fingerprint density at radius 2 is 1.75 bits per heavy atom. The van der Waals surface area contributed by atoms with E-state index in [4.69, 9.17) is 14.9 Å². The van der Waals surface area contributed by atoms with Crippen LogP contribution in [-0.2, 0) is 9.53 Å². The van der Waals surface area contributed by atoms with Gasteiger partial charge in [0.15, 0.2) is 0 Å². The zero-order valence-corrected chi connectivity index (χ0v) is 15.9. The van der Waals surface area contributed by atoms with Crippen molar-refractivity contribution in [1.82, 2.24) is 0 Å². The average Bonchev–Trinajstić information content (AvgIpc) is 2.50. The summed E-state index contributed by atoms with van der Waals surface area (Å²) in [5.41, 5.74) is 1.21. The number of allylic oxidation sites excluding steroid dienone is 1. The summed E-state index contributed by atoms with van der Waals surface area (Å²) in [5, 5.41) is 17.7. The van der Waals surface area contributed by atoms with Crippen molar-refractivity contribution >= 4 is 5.97 Å². The van der Waals surface area contributed by atoms with Crippen molar-refractivity contribution in [2.24, 2.45) is 11.8 Å². The molecule has 0 aliphatic rings. The van der Waals surface area contributed by atoms with Crippen LogP contribution in [-0.4, -0.2) is 41.0 Å². The van der Waals surface area contributed by atoms with E-state index in [0.717, 1.165) is 24.7 Å². The van der Waals surface area contributed by atoms with Gasteiger partial charge < -0.3 is 20.4 Å². The highest BCUT2D eigenvalue weighted by molar-refractivity contribution is 5.71. The summed E-state index contributed by atoms with van der Waals surface area (Å²) in [4.78, 5) is 11.5. The number of aliphatic hydroxyl groups excluding tert-OH is 2. The van der Waals surface area contributed by atoms with Crippen molar-refractivity contribution in [3.8, 4) is 0 Å². The predicted molar refractivity (Wildman–Crippen MR) is 97.7 cm³/mol. The number of hydrogen-bond donors (Lipinski definition) is 2. The molecule has 24 heavy (non-hydrogen) atoms. The fourth-order valence-electron chi connectivity index (χ4n) is 2.41. The van der Waals surface area contributed by atoms with Crippen molar-refractivity contribution < 1.29 is 25.2 Å². The summed E-state index contributed by atoms with van der Waals surface area (Å²) in [6, 6.07) is 0. The molecule has 0 fully saturated rings. The van der Waals surface area contributed by atoms with Crippen LogP contribution >= 0.6 is 0 Å². The number of aliphatic hydroxyl groups is 2. The third kappa shape index (κ3) is 16.0. The molecule has 0 rings (SSSR count). The van der Waals surface area contributed by atoms with E-state index in [-0.39, 0.29) is 24.5 Å². The normalized spacial score (nSPS) is 14.2. The van der Waals surface area contributed by atoms with Crippen LogP contribution < -0.4 is 0 Å². The molecule has 4 N–H and O–H groups in total. The zero-order valence-electron chi connectivity index (χ0n) is 15.9. The molecule has 0 aromatic heterocycles. The maximum atomic E-state index is 11.5. The van der Waals surface area contributed by atoms with Gasteiger partial charge in [0.1, 0.15) is 12.7 Å². The number of esters is 1. The molecule has 0 saturated heterocycles. The van der Waals surface area contributed by atoms with Crippen LogP contribution in [0.5, 0.6) is 0 Å². The van der Waals surface area contributed by atoms with Gasteiger partial charge in [0.2, 0.25) is 0 Å². The Bertz CT molecular complexity index is 339. The highest BCUT2D eigenvalue weighted by Gasteiger charge is 2.07. The minimum absolute atomic E-state index is 0. The molecule has 0 saturated carbocycles. The Morgan fingerprint density at radius 3 is 2.33 bits per heavy atom. The maximum absolute atomic E-state index is 11.5. The quantitative estimate of drug-likeness (QED) is 0.395. The maximum Gasteiger partial charge on any atom is 0.309 e. The number of ether oxygens (including phenoxy) is 1. The van der Waals surface area contributed by atoms with Crippen LogP contribution in [0, 0.1) is 11.8 Å². The van der Waals surface area contributed by atoms with Crippen molar-refractivity contribution in [3.63, 3.8) is 0 Å². The van der Waals surface area contributed by atoms with E-state index in [1.54, 1.807) is 0 Å². The summed E-state index contributed by atoms with van der Waals surface area (Å²) < 4.78 is 4.86. The molecule has 2 unspecified atom stereocenters. The monoisotopic (exact) mass is 346 g/mol. The van der Waals surface area contributed by atoms with Gasteiger partial charge >= 0.3 is 5.97 Å². The highest BCUT2D eigenvalue weighted by Crippen LogP contribution is 2.19. The van der Waals surface area contributed by atoms with Crippen LogP contribution in [0.1, 0.15) is 72.6 Å². The third-order valence-electron chi connectivity index (χ3n) is 4.01. The van der Waals surface area contributed by atoms with E-state index < -0.39 is 12.7 Å². The third-order valence-corrected chi connectivity index (χ3v) is 4.01. The number of rotatable bonds is 13. The van der Waals surface area contributed by atoms with Gasteiger partial charge in [0.05, 0.1) is 13.0 Å². The lowest BCUT2D eigenvalue weighted by Crippen LogP contribution is -2.21. The molecule has 0 spiro atoms. The van der Waals surface area contributed by atoms with Gasteiger partial charge in [-0.15, -0.1) is 0 Å². The second-order valence-corrected chi connectivity index (χ2v) is 7.10. The second-order valence-electron chi connectivity index (χ2n) is 7.10. The Morgan fingerprint density at radius 1 is 1.12 bits per heavy atom. The molecule has 0 aliphatic carbocycles. The van der Waals surface area contributed by atoms with Crippen molar-refractivity contribution in [1.29, 1.82) is 0 Å². The summed E-state index contributed by atoms with van der Waals surface area (Å²) in [6.07, 6.45) is 8.49. The van der Waals surface area contributed by atoms with Crippen LogP contribution in [0.25, 0.3) is 0 Å². The van der Waals surface area contributed by atoms with Gasteiger partial charge in [-0.05, 0) is 31.6 Å². The number of carbonyl (C=O) groups excluding carboxylic acids is 1. The zero-order chi connectivity index (χ0) is 17.7. The average molecular weight is 347 g/mol. The van der Waals surface area contributed by atoms with Crippen molar-refractivity contribution in [3.05, 3.63) is 11.6 Å². The molecule has 0 aliphatic heterocycles. The summed E-state index contributed by atoms with van der Waals surface area (Å²) in [5.74, 6) is 1.20. The molecule has 144 valence electrons. The van der Waals surface area contributed by atoms with Crippen LogP contribution in [0.3, 0.4) is 0 Å². The number of hydrogen-bond acceptors (Lipinski definition) is 4. The molecule has 0 radical (unpaired) electrons. The molecule has 0 bridgehead atoms. The van der Waals surface area contributed by atoms with E-state index in [1.165, 1.54) is 31.3 Å². The van der Waals surface area contributed by atoms with Gasteiger partial charge in [-0.1, -0.05) is 58.1 Å². The molecular formula is C19H38O5. The minimum Gasteiger partial charge on any atom is -0.463 e. The molecular weight excluding hydrogens is 308 g/mol. The van der Waals surface area contributed by atoms with Crippen molar-refractivity contribution in [2.45, 2.75) is 78.7 Å². The smallest absolute Gasteiger partial charge is 0.309 e. The second kappa shape index (κ2) is 15.6. The number of carbonyl (C=O) groups is 1. The van der Waals surface area contributed by atoms with Crippen LogP contribution in [0.15, 0.2) is 11.6 Å². The van der Waals surface area contributed by atoms with E-state index in [2.05, 4.69) is 20.8 Å². The fraction of sp³-hybridized carbons (Fsp3) is 0.842. The minimum atomic E-state index is -0.985. The Hall–Kier alpha value is -0.910. The van der Waals surface area contributed by atoms with E-state index in [9.17, 15) is 4.79 Å². The first-order valence-corrected chi connectivity index (χ1v) is 8.95. The fourth-order valence-corrected chi connectivity index (χ4v) is 2.41. The predicted octanol–water partition coefficient (Wildman–Crippen LogP) is 3.03. The standard InChI is InChI=1S/C19H36O4.H2O/c1-15(2)7-5-8-16(3)9-6-10-17(4)11-12-19(22)23-14-18(21)13-20;/h11,15-16,18,20-21H,5-10,12-14H2,1-4H3;1H2. The van der Waals surface area contributed by atoms with Gasteiger partial charge in [0, 0.05) is 0 Å². The Labute approximate surface area is 147 Å². The first kappa shape index (κ1) is 25.3. The SMILES string of the molecule is CC(=CCC(=O)OCC(O)CO)CCCC(C)CCCC(C)C.O. The first-order valence-electron chi connectivity index (χ1n) is 8.95. The molecule has 0 aromatic rings. The van der Waals surface area contributed by atoms with Crippen LogP contribution in [0.2, 0.25) is 0 Å². The lowest BCUT2D eigenvalue weighted by molar-refractivity contribution is -0.146. The van der Waals surface area contributed by atoms with Crippen molar-refractivity contribution in [2.75, 3.05) is 13.2 Å². The van der Waals surface area contributed by atoms with Gasteiger partial charge in [-0.25, -0.2) is 0 Å². The topological polar surface area (TPSA) is 98.3 Å². The lowest BCUT2D eigenvalue weighted by Gasteiger charge is -2.12. The summed E-state index contributed by atoms with van der Waals surface area (Å²) in [7, 11) is 0. The highest BCUT2D eigenvalue weighted by atomic mass is 16.5. The Kier molecular flexibility index (Phi) is 16.5. The first-order chi connectivity index (χ1) is 10.8. The molecule has 0 amide bonds. The van der Waals surface area contributed by atoms with Gasteiger partial charge in [-0.2, -0.15) is 0 Å². The van der Waals surface area contributed by atoms with E-state index in [1.807, 2.05) is 13.0 Å².